The van der Waals surface area contributed by atoms with Gasteiger partial charge in [0.2, 0.25) is 11.1 Å². The van der Waals surface area contributed by atoms with Gasteiger partial charge in [0.05, 0.1) is 13.3 Å². The first-order valence-corrected chi connectivity index (χ1v) is 8.35. The van der Waals surface area contributed by atoms with Crippen LogP contribution in [0.25, 0.3) is 0 Å². The van der Waals surface area contributed by atoms with Gasteiger partial charge < -0.3 is 4.74 Å². The number of hydrogen-bond donors (Lipinski definition) is 2. The van der Waals surface area contributed by atoms with Gasteiger partial charge in [-0.2, -0.15) is 10.1 Å². The lowest BCUT2D eigenvalue weighted by Gasteiger charge is -2.05. The van der Waals surface area contributed by atoms with Gasteiger partial charge in [-0.25, -0.2) is 10.5 Å². The molecule has 0 amide bonds. The van der Waals surface area contributed by atoms with E-state index in [0.717, 1.165) is 22.6 Å². The van der Waals surface area contributed by atoms with Crippen molar-refractivity contribution in [1.29, 1.82) is 0 Å². The van der Waals surface area contributed by atoms with E-state index in [0.29, 0.717) is 11.1 Å². The molecule has 7 heteroatoms. The average molecular weight is 339 g/mol. The van der Waals surface area contributed by atoms with E-state index in [1.165, 1.54) is 11.8 Å². The maximum atomic E-state index is 5.34. The fourth-order valence-electron chi connectivity index (χ4n) is 2.03. The summed E-state index contributed by atoms with van der Waals surface area (Å²) in [6.07, 6.45) is 1.73. The molecular formula is C17H17N5OS. The Bertz CT molecular complexity index is 804. The fourth-order valence-corrected chi connectivity index (χ4v) is 2.82. The first-order chi connectivity index (χ1) is 11.8. The number of rotatable bonds is 7. The number of aromatic nitrogens is 3. The van der Waals surface area contributed by atoms with Crippen LogP contribution in [0, 0.1) is 0 Å². The van der Waals surface area contributed by atoms with Crippen LogP contribution in [0.4, 0.5) is 5.95 Å². The molecule has 6 nitrogen and oxygen atoms in total. The molecule has 0 aliphatic rings. The Morgan fingerprint density at radius 2 is 1.96 bits per heavy atom. The first-order valence-electron chi connectivity index (χ1n) is 7.36. The molecule has 0 fully saturated rings. The second kappa shape index (κ2) is 8.16. The number of nitrogens with one attached hydrogen (secondary N) is 2. The molecule has 0 spiro atoms. The molecule has 0 unspecified atom stereocenters. The molecule has 0 atom stereocenters. The molecule has 1 heterocycles. The van der Waals surface area contributed by atoms with E-state index in [9.17, 15) is 0 Å². The number of benzene rings is 2. The third-order valence-electron chi connectivity index (χ3n) is 3.20. The molecule has 24 heavy (non-hydrogen) atoms. The van der Waals surface area contributed by atoms with E-state index in [4.69, 9.17) is 4.74 Å². The van der Waals surface area contributed by atoms with E-state index in [1.807, 2.05) is 54.6 Å². The van der Waals surface area contributed by atoms with Crippen LogP contribution in [-0.2, 0) is 5.75 Å². The van der Waals surface area contributed by atoms with Crippen LogP contribution in [0.3, 0.4) is 0 Å². The van der Waals surface area contributed by atoms with Crippen LogP contribution in [0.2, 0.25) is 0 Å². The van der Waals surface area contributed by atoms with Crippen molar-refractivity contribution in [1.82, 2.24) is 15.2 Å². The van der Waals surface area contributed by atoms with Gasteiger partial charge in [-0.1, -0.05) is 60.3 Å². The molecule has 3 aromatic rings. The number of thioether (sulfide) groups is 1. The van der Waals surface area contributed by atoms with Crippen molar-refractivity contribution in [2.45, 2.75) is 10.9 Å². The highest BCUT2D eigenvalue weighted by atomic mass is 32.2. The number of hydrazone groups is 1. The Morgan fingerprint density at radius 3 is 2.79 bits per heavy atom. The van der Waals surface area contributed by atoms with Gasteiger partial charge in [-0.05, 0) is 11.6 Å². The second-order valence-corrected chi connectivity index (χ2v) is 5.79. The molecule has 1 aromatic heterocycles. The lowest BCUT2D eigenvalue weighted by atomic mass is 10.2. The van der Waals surface area contributed by atoms with Crippen LogP contribution in [0.1, 0.15) is 11.1 Å². The molecule has 0 saturated heterocycles. The van der Waals surface area contributed by atoms with Gasteiger partial charge in [0.1, 0.15) is 5.75 Å². The lowest BCUT2D eigenvalue weighted by molar-refractivity contribution is 0.411. The molecule has 2 aromatic carbocycles. The number of anilines is 1. The number of methoxy groups -OCH3 is 1. The summed E-state index contributed by atoms with van der Waals surface area (Å²) in [5.74, 6) is 2.10. The van der Waals surface area contributed by atoms with Crippen molar-refractivity contribution < 1.29 is 4.74 Å². The summed E-state index contributed by atoms with van der Waals surface area (Å²) >= 11 is 1.53. The number of hydrogen-bond acceptors (Lipinski definition) is 6. The van der Waals surface area contributed by atoms with Crippen molar-refractivity contribution in [3.8, 4) is 5.75 Å². The molecule has 0 radical (unpaired) electrons. The van der Waals surface area contributed by atoms with E-state index in [-0.39, 0.29) is 0 Å². The van der Waals surface area contributed by atoms with Crippen LogP contribution in [0.5, 0.6) is 5.75 Å². The van der Waals surface area contributed by atoms with E-state index < -0.39 is 0 Å². The fraction of sp³-hybridized carbons (Fsp3) is 0.118. The molecule has 0 saturated carbocycles. The van der Waals surface area contributed by atoms with Crippen LogP contribution in [0.15, 0.2) is 64.9 Å². The number of nitrogens with zero attached hydrogens (tertiary/aromatic N) is 3. The van der Waals surface area contributed by atoms with Crippen molar-refractivity contribution in [2.75, 3.05) is 12.5 Å². The lowest BCUT2D eigenvalue weighted by Crippen LogP contribution is -1.92. The summed E-state index contributed by atoms with van der Waals surface area (Å²) in [7, 11) is 1.67. The molecule has 2 N–H and O–H groups in total. The zero-order chi connectivity index (χ0) is 16.6. The van der Waals surface area contributed by atoms with Gasteiger partial charge >= 0.3 is 0 Å². The quantitative estimate of drug-likeness (QED) is 0.391. The van der Waals surface area contributed by atoms with E-state index >= 15 is 0 Å². The smallest absolute Gasteiger partial charge is 0.240 e. The summed E-state index contributed by atoms with van der Waals surface area (Å²) in [4.78, 5) is 4.34. The molecule has 0 bridgehead atoms. The van der Waals surface area contributed by atoms with Crippen LogP contribution >= 0.6 is 11.8 Å². The largest absolute Gasteiger partial charge is 0.496 e. The standard InChI is InChI=1S/C17H17N5OS/c1-23-15-10-6-5-9-14(15)12-24-17-19-16(21-22-17)20-18-11-13-7-3-2-4-8-13/h2-11H,12H2,1H3,(H2,19,20,21,22)/b18-11-. The minimum Gasteiger partial charge on any atom is -0.496 e. The molecule has 0 aliphatic heterocycles. The molecule has 3 rings (SSSR count). The SMILES string of the molecule is COc1ccccc1CSc1n[nH]c(N/N=C\c2ccccc2)n1. The van der Waals surface area contributed by atoms with Gasteiger partial charge in [0.15, 0.2) is 0 Å². The third kappa shape index (κ3) is 4.36. The summed E-state index contributed by atoms with van der Waals surface area (Å²) < 4.78 is 5.34. The Labute approximate surface area is 144 Å². The summed E-state index contributed by atoms with van der Waals surface area (Å²) in [5.41, 5.74) is 4.95. The van der Waals surface area contributed by atoms with E-state index in [1.54, 1.807) is 13.3 Å². The highest BCUT2D eigenvalue weighted by molar-refractivity contribution is 7.98. The van der Waals surface area contributed by atoms with Gasteiger partial charge in [-0.15, -0.1) is 5.10 Å². The Kier molecular flexibility index (Phi) is 5.47. The highest BCUT2D eigenvalue weighted by Gasteiger charge is 2.06. The minimum atomic E-state index is 0.504. The van der Waals surface area contributed by atoms with Gasteiger partial charge in [0.25, 0.3) is 0 Å². The zero-order valence-corrected chi connectivity index (χ0v) is 14.0. The normalized spacial score (nSPS) is 10.9. The first kappa shape index (κ1) is 16.1. The molecular weight excluding hydrogens is 322 g/mol. The Morgan fingerprint density at radius 1 is 1.17 bits per heavy atom. The number of ether oxygens (including phenoxy) is 1. The van der Waals surface area contributed by atoms with Crippen molar-refractivity contribution >= 4 is 23.9 Å². The Hall–Kier alpha value is -2.80. The zero-order valence-electron chi connectivity index (χ0n) is 13.1. The maximum absolute atomic E-state index is 5.34. The van der Waals surface area contributed by atoms with Gasteiger partial charge in [-0.3, -0.25) is 0 Å². The number of para-hydroxylation sites is 1. The summed E-state index contributed by atoms with van der Waals surface area (Å²) in [5, 5.41) is 11.8. The monoisotopic (exact) mass is 339 g/mol. The highest BCUT2D eigenvalue weighted by Crippen LogP contribution is 2.26. The van der Waals surface area contributed by atoms with E-state index in [2.05, 4.69) is 25.7 Å². The van der Waals surface area contributed by atoms with Crippen molar-refractivity contribution in [3.63, 3.8) is 0 Å². The predicted molar refractivity (Wildman–Crippen MR) is 96.6 cm³/mol. The topological polar surface area (TPSA) is 75.2 Å². The van der Waals surface area contributed by atoms with Crippen LogP contribution < -0.4 is 10.2 Å². The maximum Gasteiger partial charge on any atom is 0.240 e. The Balaban J connectivity index is 1.55. The van der Waals surface area contributed by atoms with Crippen LogP contribution in [-0.4, -0.2) is 28.5 Å². The van der Waals surface area contributed by atoms with Crippen molar-refractivity contribution in [2.24, 2.45) is 5.10 Å². The molecule has 122 valence electrons. The molecule has 0 aliphatic carbocycles. The van der Waals surface area contributed by atoms with Gasteiger partial charge in [0, 0.05) is 11.3 Å². The average Bonchev–Trinajstić information content (AvgIpc) is 3.09. The number of aromatic amines is 1. The summed E-state index contributed by atoms with van der Waals surface area (Å²) in [6, 6.07) is 17.7. The minimum absolute atomic E-state index is 0.504. The van der Waals surface area contributed by atoms with Crippen molar-refractivity contribution in [3.05, 3.63) is 65.7 Å². The second-order valence-electron chi connectivity index (χ2n) is 4.85. The number of H-pyrrole nitrogens is 1. The summed E-state index contributed by atoms with van der Waals surface area (Å²) in [6.45, 7) is 0. The predicted octanol–water partition coefficient (Wildman–Crippen LogP) is 3.55. The third-order valence-corrected chi connectivity index (χ3v) is 4.09.